The van der Waals surface area contributed by atoms with Gasteiger partial charge in [-0.15, -0.1) is 5.92 Å². The van der Waals surface area contributed by atoms with Gasteiger partial charge in [-0.25, -0.2) is 0 Å². The van der Waals surface area contributed by atoms with Gasteiger partial charge in [0.25, 0.3) is 0 Å². The summed E-state index contributed by atoms with van der Waals surface area (Å²) in [6, 6.07) is 30.0. The van der Waals surface area contributed by atoms with Gasteiger partial charge < -0.3 is 28.4 Å². The Morgan fingerprint density at radius 3 is 1.95 bits per heavy atom. The van der Waals surface area contributed by atoms with Crippen LogP contribution in [0.1, 0.15) is 29.9 Å². The van der Waals surface area contributed by atoms with Crippen LogP contribution in [0.15, 0.2) is 91.0 Å². The van der Waals surface area contributed by atoms with Crippen LogP contribution in [-0.4, -0.2) is 43.9 Å². The first-order chi connectivity index (χ1) is 18.3. The second-order valence-electron chi connectivity index (χ2n) is 8.98. The van der Waals surface area contributed by atoms with E-state index in [1.165, 1.54) is 0 Å². The molecule has 3 aromatic rings. The fraction of sp³-hybridized carbons (Fsp3) is 0.355. The van der Waals surface area contributed by atoms with Gasteiger partial charge in [0.1, 0.15) is 31.0 Å². The van der Waals surface area contributed by atoms with Gasteiger partial charge in [-0.3, -0.25) is 0 Å². The highest BCUT2D eigenvalue weighted by Gasteiger charge is 2.51. The molecule has 5 rings (SSSR count). The average molecular weight is 501 g/mol. The molecule has 192 valence electrons. The summed E-state index contributed by atoms with van der Waals surface area (Å²) >= 11 is 0. The number of hydrogen-bond donors (Lipinski definition) is 0. The molecular weight excluding hydrogens is 468 g/mol. The Labute approximate surface area is 218 Å². The van der Waals surface area contributed by atoms with Gasteiger partial charge in [-0.2, -0.15) is 0 Å². The summed E-state index contributed by atoms with van der Waals surface area (Å²) in [5.41, 5.74) is 3.06. The van der Waals surface area contributed by atoms with Crippen molar-refractivity contribution in [2.24, 2.45) is 0 Å². The predicted molar refractivity (Wildman–Crippen MR) is 138 cm³/mol. The third-order valence-electron chi connectivity index (χ3n) is 6.42. The Bertz CT molecular complexity index is 1140. The minimum atomic E-state index is -0.688. The number of hydrogen-bond acceptors (Lipinski definition) is 6. The van der Waals surface area contributed by atoms with E-state index in [-0.39, 0.29) is 12.7 Å². The summed E-state index contributed by atoms with van der Waals surface area (Å²) in [4.78, 5) is 0. The highest BCUT2D eigenvalue weighted by molar-refractivity contribution is 5.17. The van der Waals surface area contributed by atoms with Crippen molar-refractivity contribution in [1.29, 1.82) is 0 Å². The van der Waals surface area contributed by atoms with E-state index in [1.807, 2.05) is 91.0 Å². The first kappa shape index (κ1) is 25.6. The number of rotatable bonds is 9. The van der Waals surface area contributed by atoms with Crippen molar-refractivity contribution in [2.45, 2.75) is 57.1 Å². The highest BCUT2D eigenvalue weighted by atomic mass is 16.8. The first-order valence-electron chi connectivity index (χ1n) is 12.6. The van der Waals surface area contributed by atoms with Crippen molar-refractivity contribution in [3.8, 4) is 11.8 Å². The molecule has 0 bridgehead atoms. The third-order valence-corrected chi connectivity index (χ3v) is 6.42. The highest BCUT2D eigenvalue weighted by Crippen LogP contribution is 2.37. The van der Waals surface area contributed by atoms with Crippen molar-refractivity contribution < 1.29 is 28.4 Å². The van der Waals surface area contributed by atoms with E-state index in [2.05, 4.69) is 11.8 Å². The average Bonchev–Trinajstić information content (AvgIpc) is 2.96. The second kappa shape index (κ2) is 13.0. The van der Waals surface area contributed by atoms with E-state index < -0.39 is 30.9 Å². The van der Waals surface area contributed by atoms with Crippen molar-refractivity contribution in [3.05, 3.63) is 108 Å². The lowest BCUT2D eigenvalue weighted by Gasteiger charge is -2.48. The standard InChI is InChI=1S/C31H32O6/c1-2-3-19-32-31-29(34-21-24-15-9-5-10-16-24)28(33-20-23-13-7-4-8-14-23)27-26(36-31)22-35-30(37-27)25-17-11-6-12-18-25/h4-18,26-31H,19-22H2,1H3/t26-,27-,28+,29-,30-,31-/m1/s1. The Kier molecular flexibility index (Phi) is 8.99. The maximum Gasteiger partial charge on any atom is 0.188 e. The van der Waals surface area contributed by atoms with E-state index in [9.17, 15) is 0 Å². The van der Waals surface area contributed by atoms with Gasteiger partial charge in [0.2, 0.25) is 0 Å². The van der Waals surface area contributed by atoms with Crippen molar-refractivity contribution >= 4 is 0 Å². The normalized spacial score (nSPS) is 27.1. The number of fused-ring (bicyclic) bond motifs is 1. The fourth-order valence-corrected chi connectivity index (χ4v) is 4.56. The van der Waals surface area contributed by atoms with Gasteiger partial charge in [-0.1, -0.05) is 96.9 Å². The zero-order valence-corrected chi connectivity index (χ0v) is 20.9. The van der Waals surface area contributed by atoms with Crippen LogP contribution in [0.4, 0.5) is 0 Å². The molecule has 0 aliphatic carbocycles. The van der Waals surface area contributed by atoms with Crippen LogP contribution in [0.2, 0.25) is 0 Å². The molecule has 0 amide bonds. The molecule has 37 heavy (non-hydrogen) atoms. The summed E-state index contributed by atoms with van der Waals surface area (Å²) < 4.78 is 38.0. The van der Waals surface area contributed by atoms with Crippen molar-refractivity contribution in [1.82, 2.24) is 0 Å². The summed E-state index contributed by atoms with van der Waals surface area (Å²) in [6.45, 7) is 3.14. The van der Waals surface area contributed by atoms with Gasteiger partial charge >= 0.3 is 0 Å². The topological polar surface area (TPSA) is 55.4 Å². The molecule has 2 saturated heterocycles. The molecule has 2 fully saturated rings. The molecule has 0 aromatic heterocycles. The molecule has 2 aliphatic heterocycles. The summed E-state index contributed by atoms with van der Waals surface area (Å²) in [5.74, 6) is 5.82. The Hall–Kier alpha value is -3.02. The van der Waals surface area contributed by atoms with E-state index in [0.29, 0.717) is 19.8 Å². The lowest BCUT2D eigenvalue weighted by atomic mass is 9.97. The SMILES string of the molecule is CC#CCO[C@@H]1O[C@@H]2CO[C@@H](c3ccccc3)O[C@H]2[C@H](OCc2ccccc2)[C@H]1OCc1ccccc1. The van der Waals surface area contributed by atoms with Crippen LogP contribution in [0, 0.1) is 11.8 Å². The fourth-order valence-electron chi connectivity index (χ4n) is 4.56. The Morgan fingerprint density at radius 2 is 1.32 bits per heavy atom. The third kappa shape index (κ3) is 6.65. The molecule has 2 aliphatic rings. The molecule has 0 spiro atoms. The van der Waals surface area contributed by atoms with E-state index >= 15 is 0 Å². The van der Waals surface area contributed by atoms with E-state index in [1.54, 1.807) is 6.92 Å². The maximum absolute atomic E-state index is 6.56. The number of ether oxygens (including phenoxy) is 6. The molecule has 2 heterocycles. The van der Waals surface area contributed by atoms with Gasteiger partial charge in [0, 0.05) is 5.56 Å². The quantitative estimate of drug-likeness (QED) is 0.384. The van der Waals surface area contributed by atoms with E-state index in [4.69, 9.17) is 28.4 Å². The molecule has 6 heteroatoms. The van der Waals surface area contributed by atoms with Gasteiger partial charge in [0.15, 0.2) is 12.6 Å². The van der Waals surface area contributed by atoms with Crippen LogP contribution < -0.4 is 0 Å². The van der Waals surface area contributed by atoms with Gasteiger partial charge in [0.05, 0.1) is 19.8 Å². The smallest absolute Gasteiger partial charge is 0.188 e. The maximum atomic E-state index is 6.56. The lowest BCUT2D eigenvalue weighted by Crippen LogP contribution is -2.63. The molecule has 3 aromatic carbocycles. The Balaban J connectivity index is 1.41. The van der Waals surface area contributed by atoms with Crippen LogP contribution in [-0.2, 0) is 41.6 Å². The van der Waals surface area contributed by atoms with E-state index in [0.717, 1.165) is 16.7 Å². The molecule has 0 saturated carbocycles. The molecule has 0 radical (unpaired) electrons. The first-order valence-corrected chi connectivity index (χ1v) is 12.6. The monoisotopic (exact) mass is 500 g/mol. The van der Waals surface area contributed by atoms with Crippen molar-refractivity contribution in [3.63, 3.8) is 0 Å². The largest absolute Gasteiger partial charge is 0.368 e. The predicted octanol–water partition coefficient (Wildman–Crippen LogP) is 5.04. The van der Waals surface area contributed by atoms with Crippen LogP contribution >= 0.6 is 0 Å². The molecule has 6 nitrogen and oxygen atoms in total. The zero-order valence-electron chi connectivity index (χ0n) is 20.9. The minimum Gasteiger partial charge on any atom is -0.368 e. The molecular formula is C31H32O6. The van der Waals surface area contributed by atoms with Gasteiger partial charge in [-0.05, 0) is 18.1 Å². The molecule has 0 N–H and O–H groups in total. The summed E-state index contributed by atoms with van der Waals surface area (Å²) in [6.07, 6.45) is -3.01. The second-order valence-corrected chi connectivity index (χ2v) is 8.98. The molecule has 6 atom stereocenters. The minimum absolute atomic E-state index is 0.226. The van der Waals surface area contributed by atoms with Crippen LogP contribution in [0.25, 0.3) is 0 Å². The van der Waals surface area contributed by atoms with Crippen LogP contribution in [0.3, 0.4) is 0 Å². The molecule has 0 unspecified atom stereocenters. The van der Waals surface area contributed by atoms with Crippen LogP contribution in [0.5, 0.6) is 0 Å². The lowest BCUT2D eigenvalue weighted by molar-refractivity contribution is -0.371. The zero-order chi connectivity index (χ0) is 25.3. The van der Waals surface area contributed by atoms with Crippen molar-refractivity contribution in [2.75, 3.05) is 13.2 Å². The summed E-state index contributed by atoms with van der Waals surface area (Å²) in [5, 5.41) is 0. The summed E-state index contributed by atoms with van der Waals surface area (Å²) in [7, 11) is 0. The Morgan fingerprint density at radius 1 is 0.730 bits per heavy atom. The number of benzene rings is 3.